The number of carbonyl (C=O) groups is 1. The summed E-state index contributed by atoms with van der Waals surface area (Å²) in [6, 6.07) is 9.67. The minimum atomic E-state index is -3.92. The van der Waals surface area contributed by atoms with Gasteiger partial charge >= 0.3 is 0 Å². The molecule has 0 unspecified atom stereocenters. The highest BCUT2D eigenvalue weighted by atomic mass is 35.5. The zero-order chi connectivity index (χ0) is 22.7. The first-order valence-corrected chi connectivity index (χ1v) is 11.8. The van der Waals surface area contributed by atoms with Gasteiger partial charge in [-0.3, -0.25) is 4.79 Å². The third kappa shape index (κ3) is 4.79. The summed E-state index contributed by atoms with van der Waals surface area (Å²) in [5.41, 5.74) is 1.33. The minimum Gasteiger partial charge on any atom is -0.379 e. The predicted molar refractivity (Wildman–Crippen MR) is 120 cm³/mol. The average Bonchev–Trinajstić information content (AvgIpc) is 3.28. The molecular formula is C20H19Cl2N5O4S. The lowest BCUT2D eigenvalue weighted by atomic mass is 10.1. The summed E-state index contributed by atoms with van der Waals surface area (Å²) >= 11 is 12.5. The lowest BCUT2D eigenvalue weighted by Crippen LogP contribution is -2.40. The van der Waals surface area contributed by atoms with Crippen LogP contribution in [-0.2, 0) is 21.3 Å². The van der Waals surface area contributed by atoms with Gasteiger partial charge in [-0.2, -0.15) is 9.40 Å². The first kappa shape index (κ1) is 22.7. The fourth-order valence-electron chi connectivity index (χ4n) is 3.29. The molecule has 2 heterocycles. The highest BCUT2D eigenvalue weighted by Gasteiger charge is 2.30. The molecule has 1 aliphatic heterocycles. The number of para-hydroxylation sites is 1. The molecule has 9 nitrogen and oxygen atoms in total. The molecule has 168 valence electrons. The number of hydrogen-bond acceptors (Lipinski definition) is 6. The van der Waals surface area contributed by atoms with Crippen molar-refractivity contribution in [3.63, 3.8) is 0 Å². The lowest BCUT2D eigenvalue weighted by molar-refractivity contribution is 0.0730. The van der Waals surface area contributed by atoms with Crippen molar-refractivity contribution in [2.75, 3.05) is 31.6 Å². The maximum Gasteiger partial charge on any atom is 0.257 e. The number of nitrogens with zero attached hydrogens (tertiary/aromatic N) is 4. The van der Waals surface area contributed by atoms with Crippen LogP contribution >= 0.6 is 23.2 Å². The van der Waals surface area contributed by atoms with Crippen LogP contribution in [0.25, 0.3) is 0 Å². The number of nitrogens with one attached hydrogen (secondary N) is 1. The van der Waals surface area contributed by atoms with Gasteiger partial charge in [0, 0.05) is 18.8 Å². The summed E-state index contributed by atoms with van der Waals surface area (Å²) in [4.78, 5) is 16.8. The highest BCUT2D eigenvalue weighted by Crippen LogP contribution is 2.31. The Morgan fingerprint density at radius 3 is 2.59 bits per heavy atom. The van der Waals surface area contributed by atoms with Crippen molar-refractivity contribution < 1.29 is 17.9 Å². The number of morpholine rings is 1. The average molecular weight is 496 g/mol. The van der Waals surface area contributed by atoms with E-state index in [1.54, 1.807) is 23.1 Å². The van der Waals surface area contributed by atoms with E-state index in [9.17, 15) is 13.2 Å². The van der Waals surface area contributed by atoms with Gasteiger partial charge in [-0.15, -0.1) is 0 Å². The highest BCUT2D eigenvalue weighted by molar-refractivity contribution is 7.89. The second kappa shape index (κ2) is 9.55. The molecule has 32 heavy (non-hydrogen) atoms. The Morgan fingerprint density at radius 1 is 1.12 bits per heavy atom. The van der Waals surface area contributed by atoms with Gasteiger partial charge in [0.1, 0.15) is 17.6 Å². The van der Waals surface area contributed by atoms with Crippen molar-refractivity contribution in [3.05, 3.63) is 70.2 Å². The molecule has 4 rings (SSSR count). The molecule has 0 spiro atoms. The number of sulfonamides is 1. The Balaban J connectivity index is 1.63. The van der Waals surface area contributed by atoms with Gasteiger partial charge in [0.2, 0.25) is 10.0 Å². The van der Waals surface area contributed by atoms with E-state index in [4.69, 9.17) is 27.9 Å². The van der Waals surface area contributed by atoms with Crippen LogP contribution < -0.4 is 5.32 Å². The molecule has 0 saturated carbocycles. The van der Waals surface area contributed by atoms with Crippen LogP contribution in [0.4, 0.5) is 5.69 Å². The molecule has 0 atom stereocenters. The van der Waals surface area contributed by atoms with Crippen molar-refractivity contribution in [2.45, 2.75) is 11.4 Å². The quantitative estimate of drug-likeness (QED) is 0.563. The first-order chi connectivity index (χ1) is 15.4. The molecule has 0 bridgehead atoms. The van der Waals surface area contributed by atoms with Gasteiger partial charge in [-0.05, 0) is 23.8 Å². The smallest absolute Gasteiger partial charge is 0.257 e. The third-order valence-electron chi connectivity index (χ3n) is 4.92. The maximum atomic E-state index is 13.1. The largest absolute Gasteiger partial charge is 0.379 e. The zero-order valence-electron chi connectivity index (χ0n) is 16.7. The molecule has 1 saturated heterocycles. The van der Waals surface area contributed by atoms with Gasteiger partial charge < -0.3 is 10.1 Å². The van der Waals surface area contributed by atoms with E-state index in [1.165, 1.54) is 22.8 Å². The second-order valence-electron chi connectivity index (χ2n) is 6.98. The fraction of sp³-hybridized carbons (Fsp3) is 0.250. The summed E-state index contributed by atoms with van der Waals surface area (Å²) in [6.07, 6.45) is 2.99. The number of amides is 1. The topological polar surface area (TPSA) is 106 Å². The van der Waals surface area contributed by atoms with E-state index in [2.05, 4.69) is 15.4 Å². The van der Waals surface area contributed by atoms with E-state index in [0.29, 0.717) is 25.4 Å². The molecule has 0 aliphatic carbocycles. The molecule has 12 heteroatoms. The molecule has 1 amide bonds. The Morgan fingerprint density at radius 2 is 1.88 bits per heavy atom. The van der Waals surface area contributed by atoms with E-state index in [1.807, 2.05) is 12.1 Å². The van der Waals surface area contributed by atoms with Crippen molar-refractivity contribution in [2.24, 2.45) is 0 Å². The van der Waals surface area contributed by atoms with Gasteiger partial charge in [-0.25, -0.2) is 18.1 Å². The molecule has 1 aliphatic rings. The molecule has 0 radical (unpaired) electrons. The van der Waals surface area contributed by atoms with Gasteiger partial charge in [0.05, 0.1) is 35.4 Å². The molecule has 1 fully saturated rings. The number of anilines is 1. The third-order valence-corrected chi connectivity index (χ3v) is 7.59. The second-order valence-corrected chi connectivity index (χ2v) is 9.70. The zero-order valence-corrected chi connectivity index (χ0v) is 19.1. The Kier molecular flexibility index (Phi) is 6.77. The number of benzene rings is 2. The van der Waals surface area contributed by atoms with E-state index < -0.39 is 15.9 Å². The Bertz CT molecular complexity index is 1230. The first-order valence-electron chi connectivity index (χ1n) is 9.65. The molecular weight excluding hydrogens is 477 g/mol. The molecule has 1 aromatic heterocycles. The fourth-order valence-corrected chi connectivity index (χ4v) is 5.53. The van der Waals surface area contributed by atoms with Crippen LogP contribution in [0, 0.1) is 0 Å². The van der Waals surface area contributed by atoms with Gasteiger partial charge in [0.25, 0.3) is 5.91 Å². The monoisotopic (exact) mass is 495 g/mol. The van der Waals surface area contributed by atoms with Gasteiger partial charge in [0.15, 0.2) is 0 Å². The number of ether oxygens (including phenoxy) is 1. The summed E-state index contributed by atoms with van der Waals surface area (Å²) in [5.74, 6) is -0.559. The predicted octanol–water partition coefficient (Wildman–Crippen LogP) is 2.91. The summed E-state index contributed by atoms with van der Waals surface area (Å²) in [5, 5.41) is 6.87. The van der Waals surface area contributed by atoms with Crippen LogP contribution in [0.1, 0.15) is 15.9 Å². The van der Waals surface area contributed by atoms with Gasteiger partial charge in [-0.1, -0.05) is 41.4 Å². The normalized spacial score (nSPS) is 14.9. The number of aromatic nitrogens is 3. The summed E-state index contributed by atoms with van der Waals surface area (Å²) < 4.78 is 34.3. The van der Waals surface area contributed by atoms with Crippen LogP contribution in [0.15, 0.2) is 53.9 Å². The van der Waals surface area contributed by atoms with Crippen LogP contribution in [0.3, 0.4) is 0 Å². The molecule has 3 aromatic rings. The van der Waals surface area contributed by atoms with Crippen LogP contribution in [0.2, 0.25) is 10.0 Å². The van der Waals surface area contributed by atoms with Crippen molar-refractivity contribution in [1.82, 2.24) is 19.1 Å². The van der Waals surface area contributed by atoms with E-state index in [-0.39, 0.29) is 33.6 Å². The lowest BCUT2D eigenvalue weighted by Gasteiger charge is -2.26. The molecule has 1 N–H and O–H groups in total. The Hall–Kier alpha value is -2.50. The number of hydrogen-bond donors (Lipinski definition) is 1. The summed E-state index contributed by atoms with van der Waals surface area (Å²) in [7, 11) is -3.92. The minimum absolute atomic E-state index is 0.00143. The number of rotatable bonds is 6. The maximum absolute atomic E-state index is 13.1. The van der Waals surface area contributed by atoms with E-state index in [0.717, 1.165) is 5.56 Å². The van der Waals surface area contributed by atoms with Crippen molar-refractivity contribution in [3.8, 4) is 0 Å². The van der Waals surface area contributed by atoms with Crippen LogP contribution in [0.5, 0.6) is 0 Å². The standard InChI is InChI=1S/C20H19Cl2N5O4S/c21-16-10-17(22)19(32(29,30)27-5-7-31-8-6-27)9-15(16)20(28)25-18-4-2-1-3-14(18)11-26-13-23-12-24-26/h1-4,9-10,12-13H,5-8,11H2,(H,25,28). The van der Waals surface area contributed by atoms with E-state index >= 15 is 0 Å². The number of carbonyl (C=O) groups excluding carboxylic acids is 1. The van der Waals surface area contributed by atoms with Crippen LogP contribution in [-0.4, -0.2) is 59.7 Å². The Labute approximate surface area is 195 Å². The van der Waals surface area contributed by atoms with Crippen molar-refractivity contribution in [1.29, 1.82) is 0 Å². The summed E-state index contributed by atoms with van der Waals surface area (Å²) in [6.45, 7) is 1.39. The SMILES string of the molecule is O=C(Nc1ccccc1Cn1cncn1)c1cc(S(=O)(=O)N2CCOCC2)c(Cl)cc1Cl. The molecule has 2 aromatic carbocycles. The number of halogens is 2. The van der Waals surface area contributed by atoms with Crippen molar-refractivity contribution >= 4 is 44.8 Å².